The lowest BCUT2D eigenvalue weighted by molar-refractivity contribution is -0.119. The summed E-state index contributed by atoms with van der Waals surface area (Å²) in [6.45, 7) is 4.74. The van der Waals surface area contributed by atoms with E-state index < -0.39 is 0 Å². The van der Waals surface area contributed by atoms with Gasteiger partial charge in [-0.25, -0.2) is 0 Å². The number of rotatable bonds is 9. The van der Waals surface area contributed by atoms with Gasteiger partial charge in [0.05, 0.1) is 11.3 Å². The van der Waals surface area contributed by atoms with Crippen LogP contribution in [0.25, 0.3) is 0 Å². The van der Waals surface area contributed by atoms with Gasteiger partial charge in [-0.15, -0.1) is 0 Å². The highest BCUT2D eigenvalue weighted by Gasteiger charge is 2.12. The first-order valence-corrected chi connectivity index (χ1v) is 8.97. The van der Waals surface area contributed by atoms with E-state index in [0.29, 0.717) is 24.2 Å². The first-order valence-electron chi connectivity index (χ1n) is 8.56. The number of thiocarbonyl (C=S) groups is 1. The van der Waals surface area contributed by atoms with E-state index in [9.17, 15) is 9.59 Å². The van der Waals surface area contributed by atoms with Crippen molar-refractivity contribution >= 4 is 34.8 Å². The summed E-state index contributed by atoms with van der Waals surface area (Å²) in [5.41, 5.74) is 1.09. The molecule has 0 bridgehead atoms. The molecule has 0 aliphatic carbocycles. The fourth-order valence-electron chi connectivity index (χ4n) is 2.18. The topological polar surface area (TPSA) is 70.2 Å². The molecule has 0 saturated heterocycles. The Morgan fingerprint density at radius 2 is 1.79 bits per heavy atom. The Bertz CT molecular complexity index is 561. The Hall–Kier alpha value is -1.95. The van der Waals surface area contributed by atoms with Gasteiger partial charge in [-0.1, -0.05) is 45.2 Å². The fraction of sp³-hybridized carbons (Fsp3) is 0.500. The highest BCUT2D eigenvalue weighted by Crippen LogP contribution is 2.15. The van der Waals surface area contributed by atoms with Crippen molar-refractivity contribution in [2.24, 2.45) is 0 Å². The van der Waals surface area contributed by atoms with Gasteiger partial charge in [0.25, 0.3) is 5.91 Å². The third kappa shape index (κ3) is 7.55. The molecule has 1 rings (SSSR count). The van der Waals surface area contributed by atoms with Crippen LogP contribution >= 0.6 is 12.2 Å². The number of amides is 2. The summed E-state index contributed by atoms with van der Waals surface area (Å²) >= 11 is 5.17. The molecule has 3 N–H and O–H groups in total. The van der Waals surface area contributed by atoms with Crippen molar-refractivity contribution in [1.82, 2.24) is 10.6 Å². The van der Waals surface area contributed by atoms with E-state index in [1.807, 2.05) is 13.0 Å². The Kier molecular flexibility index (Phi) is 9.68. The van der Waals surface area contributed by atoms with E-state index in [1.165, 1.54) is 0 Å². The largest absolute Gasteiger partial charge is 0.352 e. The molecule has 0 unspecified atom stereocenters. The zero-order valence-corrected chi connectivity index (χ0v) is 15.3. The van der Waals surface area contributed by atoms with Crippen molar-refractivity contribution in [3.05, 3.63) is 29.8 Å². The summed E-state index contributed by atoms with van der Waals surface area (Å²) in [5, 5.41) is 8.65. The average molecular weight is 350 g/mol. The number of carbonyl (C=O) groups excluding carboxylic acids is 2. The highest BCUT2D eigenvalue weighted by atomic mass is 32.1. The second-order valence-electron chi connectivity index (χ2n) is 5.61. The van der Waals surface area contributed by atoms with Crippen molar-refractivity contribution in [1.29, 1.82) is 0 Å². The smallest absolute Gasteiger partial charge is 0.253 e. The zero-order chi connectivity index (χ0) is 17.8. The summed E-state index contributed by atoms with van der Waals surface area (Å²) in [6, 6.07) is 7.10. The SMILES string of the molecule is CCCCCCC(=O)NC(=S)Nc1ccccc1C(=O)NCCC. The van der Waals surface area contributed by atoms with Crippen LogP contribution in [0, 0.1) is 0 Å². The van der Waals surface area contributed by atoms with Crippen molar-refractivity contribution in [3.8, 4) is 0 Å². The quantitative estimate of drug-likeness (QED) is 0.470. The molecule has 6 heteroatoms. The molecule has 0 fully saturated rings. The summed E-state index contributed by atoms with van der Waals surface area (Å²) in [6.07, 6.45) is 5.51. The standard InChI is InChI=1S/C18H27N3O2S/c1-3-5-6-7-12-16(22)21-18(24)20-15-11-9-8-10-14(15)17(23)19-13-4-2/h8-11H,3-7,12-13H2,1-2H3,(H,19,23)(H2,20,21,22,24). The maximum absolute atomic E-state index is 12.1. The van der Waals surface area contributed by atoms with Gasteiger partial charge in [0, 0.05) is 13.0 Å². The summed E-state index contributed by atoms with van der Waals surface area (Å²) < 4.78 is 0. The molecule has 5 nitrogen and oxygen atoms in total. The van der Waals surface area contributed by atoms with Gasteiger partial charge in [-0.05, 0) is 37.2 Å². The monoisotopic (exact) mass is 349 g/mol. The predicted molar refractivity (Wildman–Crippen MR) is 102 cm³/mol. The second-order valence-corrected chi connectivity index (χ2v) is 6.02. The average Bonchev–Trinajstić information content (AvgIpc) is 2.57. The van der Waals surface area contributed by atoms with Gasteiger partial charge in [-0.2, -0.15) is 0 Å². The van der Waals surface area contributed by atoms with E-state index in [1.54, 1.807) is 18.2 Å². The number of carbonyl (C=O) groups is 2. The van der Waals surface area contributed by atoms with E-state index in [0.717, 1.165) is 32.1 Å². The molecule has 1 aromatic carbocycles. The number of unbranched alkanes of at least 4 members (excludes halogenated alkanes) is 3. The molecule has 1 aromatic rings. The molecule has 0 radical (unpaired) electrons. The molecule has 24 heavy (non-hydrogen) atoms. The first-order chi connectivity index (χ1) is 11.6. The molecule has 132 valence electrons. The van der Waals surface area contributed by atoms with Gasteiger partial charge in [0.1, 0.15) is 0 Å². The maximum atomic E-state index is 12.1. The molecular weight excluding hydrogens is 322 g/mol. The summed E-state index contributed by atoms with van der Waals surface area (Å²) in [7, 11) is 0. The van der Waals surface area contributed by atoms with E-state index in [4.69, 9.17) is 12.2 Å². The molecule has 0 spiro atoms. The van der Waals surface area contributed by atoms with E-state index >= 15 is 0 Å². The lowest BCUT2D eigenvalue weighted by Gasteiger charge is -2.13. The van der Waals surface area contributed by atoms with Crippen molar-refractivity contribution < 1.29 is 9.59 Å². The Balaban J connectivity index is 2.54. The Morgan fingerprint density at radius 3 is 2.50 bits per heavy atom. The van der Waals surface area contributed by atoms with E-state index in [-0.39, 0.29) is 16.9 Å². The second kappa shape index (κ2) is 11.6. The number of hydrogen-bond donors (Lipinski definition) is 3. The predicted octanol–water partition coefficient (Wildman–Crippen LogP) is 3.61. The van der Waals surface area contributed by atoms with Crippen LogP contribution in [0.15, 0.2) is 24.3 Å². The third-order valence-electron chi connectivity index (χ3n) is 3.47. The molecular formula is C18H27N3O2S. The molecule has 0 aliphatic rings. The molecule has 0 saturated carbocycles. The maximum Gasteiger partial charge on any atom is 0.253 e. The van der Waals surface area contributed by atoms with Crippen LogP contribution in [0.4, 0.5) is 5.69 Å². The lowest BCUT2D eigenvalue weighted by Crippen LogP contribution is -2.34. The number of benzene rings is 1. The Labute approximate surface area is 149 Å². The first kappa shape index (κ1) is 20.1. The van der Waals surface area contributed by atoms with Crippen LogP contribution < -0.4 is 16.0 Å². The number of nitrogens with one attached hydrogen (secondary N) is 3. The van der Waals surface area contributed by atoms with Crippen LogP contribution in [-0.2, 0) is 4.79 Å². The van der Waals surface area contributed by atoms with Gasteiger partial charge < -0.3 is 16.0 Å². The van der Waals surface area contributed by atoms with Crippen LogP contribution in [0.1, 0.15) is 62.7 Å². The summed E-state index contributed by atoms with van der Waals surface area (Å²) in [4.78, 5) is 24.0. The molecule has 0 atom stereocenters. The number of anilines is 1. The van der Waals surface area contributed by atoms with Crippen LogP contribution in [0.5, 0.6) is 0 Å². The van der Waals surface area contributed by atoms with Crippen molar-refractivity contribution in [3.63, 3.8) is 0 Å². The molecule has 0 aliphatic heterocycles. The molecule has 0 heterocycles. The highest BCUT2D eigenvalue weighted by molar-refractivity contribution is 7.80. The Morgan fingerprint density at radius 1 is 1.04 bits per heavy atom. The van der Waals surface area contributed by atoms with Gasteiger partial charge >= 0.3 is 0 Å². The van der Waals surface area contributed by atoms with Crippen molar-refractivity contribution in [2.45, 2.75) is 52.4 Å². The number of hydrogen-bond acceptors (Lipinski definition) is 3. The summed E-state index contributed by atoms with van der Waals surface area (Å²) in [5.74, 6) is -0.259. The van der Waals surface area contributed by atoms with Crippen LogP contribution in [-0.4, -0.2) is 23.5 Å². The minimum atomic E-state index is -0.159. The zero-order valence-electron chi connectivity index (χ0n) is 14.5. The van der Waals surface area contributed by atoms with Crippen LogP contribution in [0.3, 0.4) is 0 Å². The van der Waals surface area contributed by atoms with Gasteiger partial charge in [0.15, 0.2) is 5.11 Å². The number of para-hydroxylation sites is 1. The third-order valence-corrected chi connectivity index (χ3v) is 3.67. The van der Waals surface area contributed by atoms with E-state index in [2.05, 4.69) is 22.9 Å². The van der Waals surface area contributed by atoms with Crippen molar-refractivity contribution in [2.75, 3.05) is 11.9 Å². The lowest BCUT2D eigenvalue weighted by atomic mass is 10.1. The normalized spacial score (nSPS) is 10.1. The minimum absolute atomic E-state index is 0.100. The molecule has 0 aromatic heterocycles. The van der Waals surface area contributed by atoms with Gasteiger partial charge in [-0.3, -0.25) is 9.59 Å². The van der Waals surface area contributed by atoms with Gasteiger partial charge in [0.2, 0.25) is 5.91 Å². The molecule has 2 amide bonds. The van der Waals surface area contributed by atoms with Crippen LogP contribution in [0.2, 0.25) is 0 Å². The fourth-order valence-corrected chi connectivity index (χ4v) is 2.40. The minimum Gasteiger partial charge on any atom is -0.352 e.